The number of hydrogen-bond acceptors (Lipinski definition) is 3. The number of hydrogen-bond donors (Lipinski definition) is 1. The summed E-state index contributed by atoms with van der Waals surface area (Å²) in [7, 11) is -2.72. The fourth-order valence-corrected chi connectivity index (χ4v) is 2.58. The van der Waals surface area contributed by atoms with Crippen molar-refractivity contribution in [3.05, 3.63) is 0 Å². The maximum absolute atomic E-state index is 10.5. The van der Waals surface area contributed by atoms with Crippen LogP contribution in [0.4, 0.5) is 0 Å². The zero-order valence-corrected chi connectivity index (χ0v) is 6.23. The van der Waals surface area contributed by atoms with Crippen molar-refractivity contribution in [1.29, 1.82) is 0 Å². The van der Waals surface area contributed by atoms with E-state index >= 15 is 0 Å². The van der Waals surface area contributed by atoms with Crippen molar-refractivity contribution in [2.24, 2.45) is 5.92 Å². The van der Waals surface area contributed by atoms with Crippen molar-refractivity contribution in [3.63, 3.8) is 0 Å². The van der Waals surface area contributed by atoms with E-state index in [0.29, 0.717) is 13.0 Å². The van der Waals surface area contributed by atoms with E-state index in [2.05, 4.69) is 5.32 Å². The van der Waals surface area contributed by atoms with Crippen molar-refractivity contribution in [1.82, 2.24) is 5.32 Å². The first-order chi connectivity index (χ1) is 4.64. The summed E-state index contributed by atoms with van der Waals surface area (Å²) >= 11 is 0. The van der Waals surface area contributed by atoms with Gasteiger partial charge in [-0.15, -0.1) is 0 Å². The number of carbonyl (C=O) groups excluding carboxylic acids is 1. The number of amides is 1. The molecule has 4 nitrogen and oxygen atoms in total. The Labute approximate surface area is 59.5 Å². The summed E-state index contributed by atoms with van der Waals surface area (Å²) < 4.78 is 21.1. The Morgan fingerprint density at radius 2 is 2.10 bits per heavy atom. The lowest BCUT2D eigenvalue weighted by Crippen LogP contribution is -2.42. The fraction of sp³-hybridized carbons (Fsp3) is 0.800. The van der Waals surface area contributed by atoms with E-state index in [4.69, 9.17) is 0 Å². The van der Waals surface area contributed by atoms with Crippen molar-refractivity contribution < 1.29 is 13.2 Å². The molecule has 0 aromatic rings. The monoisotopic (exact) mass is 163 g/mol. The predicted octanol–water partition coefficient (Wildman–Crippen LogP) is -1.22. The molecule has 0 spiro atoms. The van der Waals surface area contributed by atoms with Gasteiger partial charge in [0.15, 0.2) is 9.84 Å². The molecule has 1 amide bonds. The lowest BCUT2D eigenvalue weighted by molar-refractivity contribution is -0.109. The van der Waals surface area contributed by atoms with Gasteiger partial charge in [-0.2, -0.15) is 0 Å². The summed E-state index contributed by atoms with van der Waals surface area (Å²) in [5, 5.41) is 2.44. The molecule has 0 bridgehead atoms. The molecule has 0 unspecified atom stereocenters. The summed E-state index contributed by atoms with van der Waals surface area (Å²) in [4.78, 5) is 9.75. The van der Waals surface area contributed by atoms with Gasteiger partial charge in [0, 0.05) is 12.5 Å². The molecule has 58 valence electrons. The van der Waals surface area contributed by atoms with Gasteiger partial charge in [-0.3, -0.25) is 4.79 Å². The minimum absolute atomic E-state index is 0.148. The minimum atomic E-state index is -2.72. The van der Waals surface area contributed by atoms with Gasteiger partial charge in [-0.25, -0.2) is 8.42 Å². The molecule has 1 aliphatic heterocycles. The van der Waals surface area contributed by atoms with Gasteiger partial charge < -0.3 is 5.32 Å². The molecule has 1 N–H and O–H groups in total. The Balaban J connectivity index is 2.21. The third kappa shape index (κ3) is 1.70. The average Bonchev–Trinajstić information content (AvgIpc) is 1.78. The van der Waals surface area contributed by atoms with Crippen molar-refractivity contribution >= 4 is 16.2 Å². The molecule has 1 heterocycles. The van der Waals surface area contributed by atoms with Crippen LogP contribution in [0.2, 0.25) is 0 Å². The summed E-state index contributed by atoms with van der Waals surface area (Å²) in [6.45, 7) is 0.489. The van der Waals surface area contributed by atoms with Crippen LogP contribution in [-0.4, -0.2) is 32.9 Å². The molecular weight excluding hydrogens is 154 g/mol. The van der Waals surface area contributed by atoms with E-state index in [1.807, 2.05) is 0 Å². The van der Waals surface area contributed by atoms with Crippen LogP contribution in [0.25, 0.3) is 0 Å². The summed E-state index contributed by atoms with van der Waals surface area (Å²) in [6, 6.07) is 0. The molecule has 1 rings (SSSR count). The smallest absolute Gasteiger partial charge is 0.207 e. The molecule has 1 saturated heterocycles. The summed E-state index contributed by atoms with van der Waals surface area (Å²) in [5.41, 5.74) is 0. The Hall–Kier alpha value is -0.580. The van der Waals surface area contributed by atoms with E-state index < -0.39 is 9.84 Å². The van der Waals surface area contributed by atoms with Crippen LogP contribution in [-0.2, 0) is 14.6 Å². The second-order valence-corrected chi connectivity index (χ2v) is 4.62. The molecule has 0 aromatic carbocycles. The average molecular weight is 163 g/mol. The molecule has 0 radical (unpaired) electrons. The van der Waals surface area contributed by atoms with E-state index in [9.17, 15) is 13.2 Å². The van der Waals surface area contributed by atoms with E-state index in [1.165, 1.54) is 0 Å². The molecule has 10 heavy (non-hydrogen) atoms. The highest BCUT2D eigenvalue weighted by Crippen LogP contribution is 2.16. The van der Waals surface area contributed by atoms with Gasteiger partial charge in [0.25, 0.3) is 0 Å². The first kappa shape index (κ1) is 7.53. The molecule has 0 aromatic heterocycles. The first-order valence-corrected chi connectivity index (χ1v) is 4.83. The first-order valence-electron chi connectivity index (χ1n) is 3.01. The van der Waals surface area contributed by atoms with Gasteiger partial charge in [-0.1, -0.05) is 0 Å². The summed E-state index contributed by atoms with van der Waals surface area (Å²) in [6.07, 6.45) is 0.588. The zero-order chi connectivity index (χ0) is 7.61. The quantitative estimate of drug-likeness (QED) is 0.530. The highest BCUT2D eigenvalue weighted by molar-refractivity contribution is 7.92. The summed E-state index contributed by atoms with van der Waals surface area (Å²) in [5.74, 6) is 0.608. The van der Waals surface area contributed by atoms with Crippen LogP contribution in [0.1, 0.15) is 0 Å². The molecule has 1 fully saturated rings. The van der Waals surface area contributed by atoms with E-state index in [1.54, 1.807) is 0 Å². The zero-order valence-electron chi connectivity index (χ0n) is 5.41. The van der Waals surface area contributed by atoms with Crippen LogP contribution in [0.15, 0.2) is 0 Å². The maximum Gasteiger partial charge on any atom is 0.207 e. The Morgan fingerprint density at radius 1 is 1.50 bits per heavy atom. The Kier molecular flexibility index (Phi) is 1.94. The molecule has 0 atom stereocenters. The lowest BCUT2D eigenvalue weighted by Gasteiger charge is -2.24. The molecule has 5 heteroatoms. The highest BCUT2D eigenvalue weighted by atomic mass is 32.2. The van der Waals surface area contributed by atoms with Gasteiger partial charge in [0.05, 0.1) is 11.5 Å². The fourth-order valence-electron chi connectivity index (χ4n) is 1.00. The Morgan fingerprint density at radius 3 is 2.50 bits per heavy atom. The third-order valence-corrected chi connectivity index (χ3v) is 3.43. The normalized spacial score (nSPS) is 23.2. The minimum Gasteiger partial charge on any atom is -0.358 e. The second-order valence-electron chi connectivity index (χ2n) is 2.47. The lowest BCUT2D eigenvalue weighted by atomic mass is 10.2. The van der Waals surface area contributed by atoms with Crippen molar-refractivity contribution in [3.8, 4) is 0 Å². The van der Waals surface area contributed by atoms with Crippen LogP contribution >= 0.6 is 0 Å². The van der Waals surface area contributed by atoms with E-state index in [0.717, 1.165) is 0 Å². The van der Waals surface area contributed by atoms with E-state index in [-0.39, 0.29) is 17.4 Å². The topological polar surface area (TPSA) is 63.2 Å². The number of rotatable bonds is 3. The van der Waals surface area contributed by atoms with Crippen LogP contribution < -0.4 is 5.32 Å². The predicted molar refractivity (Wildman–Crippen MR) is 36.2 cm³/mol. The largest absolute Gasteiger partial charge is 0.358 e. The standard InChI is InChI=1S/C5H9NO3S/c7-4-6-1-5-2-10(8,9)3-5/h4-5H,1-3H2,(H,6,7). The van der Waals surface area contributed by atoms with Gasteiger partial charge >= 0.3 is 0 Å². The van der Waals surface area contributed by atoms with Crippen LogP contribution in [0.5, 0.6) is 0 Å². The molecular formula is C5H9NO3S. The van der Waals surface area contributed by atoms with Crippen molar-refractivity contribution in [2.45, 2.75) is 0 Å². The van der Waals surface area contributed by atoms with Gasteiger partial charge in [-0.05, 0) is 0 Å². The SMILES string of the molecule is O=CNCC1CS(=O)(=O)C1. The second kappa shape index (κ2) is 2.57. The molecule has 0 saturated carbocycles. The van der Waals surface area contributed by atoms with Gasteiger partial charge in [0.1, 0.15) is 0 Å². The maximum atomic E-state index is 10.5. The van der Waals surface area contributed by atoms with Crippen LogP contribution in [0.3, 0.4) is 0 Å². The number of carbonyl (C=O) groups is 1. The highest BCUT2D eigenvalue weighted by Gasteiger charge is 2.32. The number of sulfone groups is 1. The number of nitrogens with one attached hydrogen (secondary N) is 1. The van der Waals surface area contributed by atoms with Crippen molar-refractivity contribution in [2.75, 3.05) is 18.1 Å². The Bertz CT molecular complexity index is 209. The van der Waals surface area contributed by atoms with Crippen LogP contribution in [0, 0.1) is 5.92 Å². The van der Waals surface area contributed by atoms with Gasteiger partial charge in [0.2, 0.25) is 6.41 Å². The third-order valence-electron chi connectivity index (χ3n) is 1.47. The molecule has 1 aliphatic rings. The molecule has 0 aliphatic carbocycles.